The van der Waals surface area contributed by atoms with Crippen molar-refractivity contribution in [1.29, 1.82) is 0 Å². The van der Waals surface area contributed by atoms with Crippen molar-refractivity contribution in [2.75, 3.05) is 5.32 Å². The lowest BCUT2D eigenvalue weighted by Crippen LogP contribution is -2.18. The predicted molar refractivity (Wildman–Crippen MR) is 125 cm³/mol. The summed E-state index contributed by atoms with van der Waals surface area (Å²) >= 11 is 0. The fourth-order valence-electron chi connectivity index (χ4n) is 3.23. The molecule has 0 aromatic heterocycles. The minimum Gasteiger partial charge on any atom is -0.322 e. The average molecular weight is 407 g/mol. The van der Waals surface area contributed by atoms with Crippen LogP contribution in [-0.2, 0) is 0 Å². The molecule has 0 saturated carbocycles. The van der Waals surface area contributed by atoms with Gasteiger partial charge in [-0.3, -0.25) is 9.59 Å². The van der Waals surface area contributed by atoms with E-state index in [1.165, 1.54) is 0 Å². The van der Waals surface area contributed by atoms with E-state index >= 15 is 0 Å². The largest absolute Gasteiger partial charge is 0.322 e. The Morgan fingerprint density at radius 1 is 0.774 bits per heavy atom. The topological polar surface area (TPSA) is 70.6 Å². The smallest absolute Gasteiger partial charge is 0.271 e. The first-order valence-corrected chi connectivity index (χ1v) is 9.89. The monoisotopic (exact) mass is 407 g/mol. The Bertz CT molecular complexity index is 1270. The fourth-order valence-corrected chi connectivity index (χ4v) is 3.23. The van der Waals surface area contributed by atoms with Gasteiger partial charge in [0.15, 0.2) is 0 Å². The Balaban J connectivity index is 1.43. The zero-order valence-corrected chi connectivity index (χ0v) is 17.0. The number of amides is 2. The molecular formula is C26H21N3O2. The fraction of sp³-hybridized carbons (Fsp3) is 0.0385. The molecule has 0 spiro atoms. The number of carbonyl (C=O) groups is 2. The van der Waals surface area contributed by atoms with Gasteiger partial charge >= 0.3 is 0 Å². The molecule has 0 fully saturated rings. The van der Waals surface area contributed by atoms with E-state index in [-0.39, 0.29) is 11.8 Å². The second-order valence-corrected chi connectivity index (χ2v) is 7.17. The zero-order valence-electron chi connectivity index (χ0n) is 17.0. The van der Waals surface area contributed by atoms with E-state index in [1.807, 2.05) is 61.5 Å². The standard InChI is InChI=1S/C26H21N3O2/c1-18-12-14-20(15-13-18)25(30)28-23-10-5-8-21(16-23)26(31)29-27-17-22-9-4-7-19-6-2-3-11-24(19)22/h2-17H,1H3,(H,28,30)(H,29,31). The molecule has 5 nitrogen and oxygen atoms in total. The van der Waals surface area contributed by atoms with Gasteiger partial charge in [-0.25, -0.2) is 5.43 Å². The van der Waals surface area contributed by atoms with Gasteiger partial charge in [-0.1, -0.05) is 66.2 Å². The molecule has 31 heavy (non-hydrogen) atoms. The number of hydrogen-bond donors (Lipinski definition) is 2. The molecule has 0 bridgehead atoms. The highest BCUT2D eigenvalue weighted by Crippen LogP contribution is 2.17. The molecule has 2 N–H and O–H groups in total. The van der Waals surface area contributed by atoms with Gasteiger partial charge in [-0.15, -0.1) is 0 Å². The van der Waals surface area contributed by atoms with Gasteiger partial charge in [0.25, 0.3) is 11.8 Å². The van der Waals surface area contributed by atoms with E-state index < -0.39 is 0 Å². The molecule has 0 heterocycles. The first-order valence-electron chi connectivity index (χ1n) is 9.89. The summed E-state index contributed by atoms with van der Waals surface area (Å²) in [5.74, 6) is -0.588. The number of rotatable bonds is 5. The van der Waals surface area contributed by atoms with E-state index in [1.54, 1.807) is 42.6 Å². The first kappa shape index (κ1) is 20.0. The maximum Gasteiger partial charge on any atom is 0.271 e. The summed E-state index contributed by atoms with van der Waals surface area (Å²) in [5, 5.41) is 9.09. The van der Waals surface area contributed by atoms with Crippen LogP contribution in [0.4, 0.5) is 5.69 Å². The third-order valence-corrected chi connectivity index (χ3v) is 4.89. The van der Waals surface area contributed by atoms with E-state index in [0.717, 1.165) is 21.9 Å². The Labute approximate surface area is 180 Å². The number of fused-ring (bicyclic) bond motifs is 1. The van der Waals surface area contributed by atoms with Gasteiger partial charge in [0, 0.05) is 22.4 Å². The molecule has 0 atom stereocenters. The van der Waals surface area contributed by atoms with Crippen LogP contribution in [0.3, 0.4) is 0 Å². The highest BCUT2D eigenvalue weighted by Gasteiger charge is 2.09. The summed E-state index contributed by atoms with van der Waals surface area (Å²) in [7, 11) is 0. The molecule has 152 valence electrons. The summed E-state index contributed by atoms with van der Waals surface area (Å²) in [6, 6.07) is 28.0. The van der Waals surface area contributed by atoms with E-state index in [4.69, 9.17) is 0 Å². The Hall–Kier alpha value is -4.25. The first-order chi connectivity index (χ1) is 15.1. The van der Waals surface area contributed by atoms with Crippen LogP contribution in [0.25, 0.3) is 10.8 Å². The van der Waals surface area contributed by atoms with Crippen LogP contribution in [0.5, 0.6) is 0 Å². The Kier molecular flexibility index (Phi) is 5.85. The zero-order chi connectivity index (χ0) is 21.6. The number of aryl methyl sites for hydroxylation is 1. The van der Waals surface area contributed by atoms with Gasteiger partial charge in [0.1, 0.15) is 0 Å². The van der Waals surface area contributed by atoms with Crippen molar-refractivity contribution in [3.63, 3.8) is 0 Å². The molecule has 0 aliphatic heterocycles. The van der Waals surface area contributed by atoms with Gasteiger partial charge < -0.3 is 5.32 Å². The lowest BCUT2D eigenvalue weighted by atomic mass is 10.1. The highest BCUT2D eigenvalue weighted by atomic mass is 16.2. The van der Waals surface area contributed by atoms with Crippen LogP contribution in [0.15, 0.2) is 96.1 Å². The molecule has 4 aromatic rings. The second-order valence-electron chi connectivity index (χ2n) is 7.17. The number of nitrogens with zero attached hydrogens (tertiary/aromatic N) is 1. The third-order valence-electron chi connectivity index (χ3n) is 4.89. The lowest BCUT2D eigenvalue weighted by Gasteiger charge is -2.07. The number of carbonyl (C=O) groups excluding carboxylic acids is 2. The molecule has 4 aromatic carbocycles. The van der Waals surface area contributed by atoms with Gasteiger partial charge in [-0.2, -0.15) is 5.10 Å². The number of nitrogens with one attached hydrogen (secondary N) is 2. The van der Waals surface area contributed by atoms with E-state index in [0.29, 0.717) is 16.8 Å². The summed E-state index contributed by atoms with van der Waals surface area (Å²) < 4.78 is 0. The minimum atomic E-state index is -0.358. The van der Waals surface area contributed by atoms with Gasteiger partial charge in [0.05, 0.1) is 6.21 Å². The third kappa shape index (κ3) is 4.85. The quantitative estimate of drug-likeness (QED) is 0.354. The molecule has 0 unspecified atom stereocenters. The number of benzene rings is 4. The maximum atomic E-state index is 12.5. The van der Waals surface area contributed by atoms with Crippen molar-refractivity contribution in [3.8, 4) is 0 Å². The summed E-state index contributed by atoms with van der Waals surface area (Å²) in [6.45, 7) is 1.96. The summed E-state index contributed by atoms with van der Waals surface area (Å²) in [6.07, 6.45) is 1.63. The minimum absolute atomic E-state index is 0.230. The Morgan fingerprint density at radius 3 is 2.35 bits per heavy atom. The second kappa shape index (κ2) is 9.05. The summed E-state index contributed by atoms with van der Waals surface area (Å²) in [5.41, 5.74) is 6.04. The van der Waals surface area contributed by atoms with Crippen molar-refractivity contribution in [2.24, 2.45) is 5.10 Å². The maximum absolute atomic E-state index is 12.5. The molecule has 0 aliphatic carbocycles. The van der Waals surface area contributed by atoms with Crippen LogP contribution < -0.4 is 10.7 Å². The van der Waals surface area contributed by atoms with E-state index in [2.05, 4.69) is 15.8 Å². The number of hydrogen-bond acceptors (Lipinski definition) is 3. The lowest BCUT2D eigenvalue weighted by molar-refractivity contribution is 0.0953. The normalized spacial score (nSPS) is 10.9. The predicted octanol–water partition coefficient (Wildman–Crippen LogP) is 5.16. The molecule has 0 radical (unpaired) electrons. The summed E-state index contributed by atoms with van der Waals surface area (Å²) in [4.78, 5) is 24.9. The molecule has 0 aliphatic rings. The number of anilines is 1. The van der Waals surface area contributed by atoms with Crippen LogP contribution in [-0.4, -0.2) is 18.0 Å². The molecular weight excluding hydrogens is 386 g/mol. The molecule has 2 amide bonds. The molecule has 0 saturated heterocycles. The van der Waals surface area contributed by atoms with Gasteiger partial charge in [-0.05, 0) is 48.0 Å². The number of hydrazone groups is 1. The van der Waals surface area contributed by atoms with E-state index in [9.17, 15) is 9.59 Å². The molecule has 4 rings (SSSR count). The van der Waals surface area contributed by atoms with Crippen molar-refractivity contribution < 1.29 is 9.59 Å². The van der Waals surface area contributed by atoms with Crippen molar-refractivity contribution >= 4 is 34.5 Å². The average Bonchev–Trinajstić information content (AvgIpc) is 2.80. The van der Waals surface area contributed by atoms with Crippen LogP contribution >= 0.6 is 0 Å². The van der Waals surface area contributed by atoms with Crippen LogP contribution in [0, 0.1) is 6.92 Å². The van der Waals surface area contributed by atoms with Crippen molar-refractivity contribution in [1.82, 2.24) is 5.43 Å². The van der Waals surface area contributed by atoms with Gasteiger partial charge in [0.2, 0.25) is 0 Å². The Morgan fingerprint density at radius 2 is 1.52 bits per heavy atom. The van der Waals surface area contributed by atoms with Crippen molar-refractivity contribution in [3.05, 3.63) is 113 Å². The van der Waals surface area contributed by atoms with Crippen LogP contribution in [0.2, 0.25) is 0 Å². The highest BCUT2D eigenvalue weighted by molar-refractivity contribution is 6.05. The SMILES string of the molecule is Cc1ccc(C(=O)Nc2cccc(C(=O)NN=Cc3cccc4ccccc34)c2)cc1. The van der Waals surface area contributed by atoms with Crippen LogP contribution in [0.1, 0.15) is 31.8 Å². The molecule has 5 heteroatoms. The van der Waals surface area contributed by atoms with Crippen molar-refractivity contribution in [2.45, 2.75) is 6.92 Å².